The molecule has 0 bridgehead atoms. The molecule has 0 unspecified atom stereocenters. The number of carbonyl (C=O) groups is 1. The van der Waals surface area contributed by atoms with Crippen molar-refractivity contribution in [3.05, 3.63) is 65.7 Å². The third-order valence-corrected chi connectivity index (χ3v) is 4.68. The molecule has 0 saturated heterocycles. The van der Waals surface area contributed by atoms with Gasteiger partial charge in [0.2, 0.25) is 0 Å². The summed E-state index contributed by atoms with van der Waals surface area (Å²) >= 11 is 0. The molecule has 3 rings (SSSR count). The van der Waals surface area contributed by atoms with Crippen molar-refractivity contribution in [2.75, 3.05) is 11.9 Å². The van der Waals surface area contributed by atoms with Crippen molar-refractivity contribution in [3.63, 3.8) is 0 Å². The average molecular weight is 330 g/mol. The second kappa shape index (κ2) is 6.99. The maximum atomic E-state index is 12.7. The maximum absolute atomic E-state index is 12.7. The van der Waals surface area contributed by atoms with Crippen molar-refractivity contribution >= 4 is 11.7 Å². The SMILES string of the molecule is O=C(NCC1(c2ccccc2)CCC1)Nc1cccc(C(F)F)c1. The van der Waals surface area contributed by atoms with Gasteiger partial charge in [-0.25, -0.2) is 13.6 Å². The van der Waals surface area contributed by atoms with Crippen LogP contribution >= 0.6 is 0 Å². The van der Waals surface area contributed by atoms with Crippen LogP contribution in [-0.2, 0) is 5.41 Å². The quantitative estimate of drug-likeness (QED) is 0.807. The molecule has 2 aromatic carbocycles. The second-order valence-corrected chi connectivity index (χ2v) is 6.23. The smallest absolute Gasteiger partial charge is 0.319 e. The number of urea groups is 1. The van der Waals surface area contributed by atoms with E-state index in [4.69, 9.17) is 0 Å². The van der Waals surface area contributed by atoms with Crippen molar-refractivity contribution in [3.8, 4) is 0 Å². The van der Waals surface area contributed by atoms with E-state index in [0.29, 0.717) is 12.2 Å². The van der Waals surface area contributed by atoms with Gasteiger partial charge >= 0.3 is 6.03 Å². The lowest BCUT2D eigenvalue weighted by Crippen LogP contribution is -2.46. The molecule has 2 amide bonds. The van der Waals surface area contributed by atoms with E-state index >= 15 is 0 Å². The lowest BCUT2D eigenvalue weighted by molar-refractivity contribution is 0.151. The summed E-state index contributed by atoms with van der Waals surface area (Å²) in [6.45, 7) is 0.539. The van der Waals surface area contributed by atoms with Crippen molar-refractivity contribution < 1.29 is 13.6 Å². The topological polar surface area (TPSA) is 41.1 Å². The molecule has 0 aromatic heterocycles. The van der Waals surface area contributed by atoms with E-state index in [-0.39, 0.29) is 17.0 Å². The minimum absolute atomic E-state index is 0.0105. The number of nitrogens with one attached hydrogen (secondary N) is 2. The first kappa shape index (κ1) is 16.4. The highest BCUT2D eigenvalue weighted by Crippen LogP contribution is 2.43. The average Bonchev–Trinajstić information content (AvgIpc) is 2.55. The first-order valence-corrected chi connectivity index (χ1v) is 8.08. The molecule has 0 atom stereocenters. The number of benzene rings is 2. The molecule has 24 heavy (non-hydrogen) atoms. The molecule has 0 aliphatic heterocycles. The standard InChI is InChI=1S/C19H20F2N2O/c20-17(21)14-6-4-9-16(12-14)23-18(24)22-13-19(10-5-11-19)15-7-2-1-3-8-15/h1-4,6-9,12,17H,5,10-11,13H2,(H2,22,23,24). The molecule has 126 valence electrons. The van der Waals surface area contributed by atoms with E-state index in [1.807, 2.05) is 18.2 Å². The first-order valence-electron chi connectivity index (χ1n) is 8.08. The molecule has 2 N–H and O–H groups in total. The molecule has 5 heteroatoms. The fraction of sp³-hybridized carbons (Fsp3) is 0.316. The molecule has 3 nitrogen and oxygen atoms in total. The zero-order valence-corrected chi connectivity index (χ0v) is 13.3. The predicted molar refractivity (Wildman–Crippen MR) is 90.4 cm³/mol. The predicted octanol–water partition coefficient (Wildman–Crippen LogP) is 4.87. The minimum Gasteiger partial charge on any atom is -0.337 e. The number of anilines is 1. The van der Waals surface area contributed by atoms with Gasteiger partial charge in [-0.3, -0.25) is 0 Å². The molecular formula is C19H20F2N2O. The zero-order chi connectivity index (χ0) is 17.0. The lowest BCUT2D eigenvalue weighted by Gasteiger charge is -2.42. The van der Waals surface area contributed by atoms with Gasteiger partial charge < -0.3 is 10.6 Å². The van der Waals surface area contributed by atoms with Crippen LogP contribution < -0.4 is 10.6 Å². The van der Waals surface area contributed by atoms with Gasteiger partial charge in [-0.15, -0.1) is 0 Å². The summed E-state index contributed by atoms with van der Waals surface area (Å²) in [5.74, 6) is 0. The van der Waals surface area contributed by atoms with Gasteiger partial charge in [0.15, 0.2) is 0 Å². The molecule has 1 saturated carbocycles. The number of halogens is 2. The Kier molecular flexibility index (Phi) is 4.79. The Hall–Kier alpha value is -2.43. The molecule has 0 heterocycles. The Bertz CT molecular complexity index is 700. The molecule has 1 fully saturated rings. The second-order valence-electron chi connectivity index (χ2n) is 6.23. The highest BCUT2D eigenvalue weighted by molar-refractivity contribution is 5.89. The van der Waals surface area contributed by atoms with Crippen LogP contribution in [0.4, 0.5) is 19.3 Å². The number of hydrogen-bond acceptors (Lipinski definition) is 1. The Balaban J connectivity index is 1.60. The number of rotatable bonds is 5. The summed E-state index contributed by atoms with van der Waals surface area (Å²) in [7, 11) is 0. The largest absolute Gasteiger partial charge is 0.337 e. The molecule has 1 aliphatic carbocycles. The zero-order valence-electron chi connectivity index (χ0n) is 13.3. The first-order chi connectivity index (χ1) is 11.6. The lowest BCUT2D eigenvalue weighted by atomic mass is 9.64. The van der Waals surface area contributed by atoms with Crippen LogP contribution in [0.1, 0.15) is 36.8 Å². The number of hydrogen-bond donors (Lipinski definition) is 2. The Morgan fingerprint density at radius 3 is 2.46 bits per heavy atom. The van der Waals surface area contributed by atoms with Crippen molar-refractivity contribution in [2.24, 2.45) is 0 Å². The monoisotopic (exact) mass is 330 g/mol. The van der Waals surface area contributed by atoms with Crippen molar-refractivity contribution in [1.29, 1.82) is 0 Å². The minimum atomic E-state index is -2.55. The Morgan fingerprint density at radius 2 is 1.83 bits per heavy atom. The Morgan fingerprint density at radius 1 is 1.08 bits per heavy atom. The summed E-state index contributed by atoms with van der Waals surface area (Å²) in [6, 6.07) is 15.5. The summed E-state index contributed by atoms with van der Waals surface area (Å²) in [6.07, 6.45) is 0.677. The summed E-state index contributed by atoms with van der Waals surface area (Å²) < 4.78 is 25.4. The van der Waals surface area contributed by atoms with Crippen LogP contribution in [0.15, 0.2) is 54.6 Å². The van der Waals surface area contributed by atoms with E-state index in [1.165, 1.54) is 23.8 Å². The van der Waals surface area contributed by atoms with Gasteiger partial charge in [-0.05, 0) is 30.5 Å². The van der Waals surface area contributed by atoms with E-state index in [0.717, 1.165) is 19.3 Å². The third kappa shape index (κ3) is 3.55. The number of carbonyl (C=O) groups excluding carboxylic acids is 1. The Labute approximate surface area is 140 Å². The van der Waals surface area contributed by atoms with E-state index in [9.17, 15) is 13.6 Å². The van der Waals surface area contributed by atoms with Crippen molar-refractivity contribution in [2.45, 2.75) is 31.1 Å². The number of amides is 2. The van der Waals surface area contributed by atoms with Crippen molar-refractivity contribution in [1.82, 2.24) is 5.32 Å². The molecule has 0 spiro atoms. The number of alkyl halides is 2. The summed E-state index contributed by atoms with van der Waals surface area (Å²) in [5.41, 5.74) is 1.49. The maximum Gasteiger partial charge on any atom is 0.319 e. The van der Waals surface area contributed by atoms with Gasteiger partial charge in [0.1, 0.15) is 0 Å². The highest BCUT2D eigenvalue weighted by atomic mass is 19.3. The van der Waals surface area contributed by atoms with Crippen LogP contribution in [0.5, 0.6) is 0 Å². The van der Waals surface area contributed by atoms with Crippen LogP contribution in [0.2, 0.25) is 0 Å². The summed E-state index contributed by atoms with van der Waals surface area (Å²) in [4.78, 5) is 12.1. The van der Waals surface area contributed by atoms with Gasteiger partial charge in [0, 0.05) is 23.2 Å². The highest BCUT2D eigenvalue weighted by Gasteiger charge is 2.38. The normalized spacial score (nSPS) is 15.6. The van der Waals surface area contributed by atoms with Crippen LogP contribution in [0.25, 0.3) is 0 Å². The molecule has 1 aliphatic rings. The summed E-state index contributed by atoms with van der Waals surface area (Å²) in [5, 5.41) is 5.51. The van der Waals surface area contributed by atoms with E-state index in [1.54, 1.807) is 6.07 Å². The molecular weight excluding hydrogens is 310 g/mol. The molecule has 0 radical (unpaired) electrons. The van der Waals surface area contributed by atoms with Crippen LogP contribution in [0, 0.1) is 0 Å². The van der Waals surface area contributed by atoms with E-state index in [2.05, 4.69) is 22.8 Å². The van der Waals surface area contributed by atoms with Gasteiger partial charge in [0.25, 0.3) is 6.43 Å². The van der Waals surface area contributed by atoms with Crippen LogP contribution in [-0.4, -0.2) is 12.6 Å². The fourth-order valence-electron chi connectivity index (χ4n) is 3.14. The van der Waals surface area contributed by atoms with E-state index < -0.39 is 6.43 Å². The third-order valence-electron chi connectivity index (χ3n) is 4.68. The van der Waals surface area contributed by atoms with Crippen LogP contribution in [0.3, 0.4) is 0 Å². The molecule has 2 aromatic rings. The van der Waals surface area contributed by atoms with Gasteiger partial charge in [0.05, 0.1) is 0 Å². The fourth-order valence-corrected chi connectivity index (χ4v) is 3.14. The van der Waals surface area contributed by atoms with Gasteiger partial charge in [-0.1, -0.05) is 48.9 Å². The van der Waals surface area contributed by atoms with Gasteiger partial charge in [-0.2, -0.15) is 0 Å².